The Morgan fingerprint density at radius 2 is 2.40 bits per heavy atom. The van der Waals surface area contributed by atoms with Crippen LogP contribution in [0.5, 0.6) is 0 Å². The summed E-state index contributed by atoms with van der Waals surface area (Å²) in [5.74, 6) is -0.00620. The van der Waals surface area contributed by atoms with E-state index in [0.29, 0.717) is 0 Å². The van der Waals surface area contributed by atoms with E-state index in [-0.39, 0.29) is 18.2 Å². The number of carbonyl (C=O) groups excluding carboxylic acids is 1. The van der Waals surface area contributed by atoms with Crippen LogP contribution in [0.3, 0.4) is 0 Å². The van der Waals surface area contributed by atoms with E-state index >= 15 is 0 Å². The van der Waals surface area contributed by atoms with Crippen LogP contribution >= 0.6 is 0 Å². The second kappa shape index (κ2) is 2.94. The molecule has 1 aliphatic heterocycles. The first-order valence-corrected chi connectivity index (χ1v) is 3.14. The van der Waals surface area contributed by atoms with Crippen molar-refractivity contribution in [3.05, 3.63) is 12.2 Å². The largest absolute Gasteiger partial charge is 0.352 e. The average molecular weight is 142 g/mol. The van der Waals surface area contributed by atoms with E-state index < -0.39 is 0 Å². The second-order valence-electron chi connectivity index (χ2n) is 2.14. The molecule has 3 heteroatoms. The number of carbonyl (C=O) groups is 1. The first-order chi connectivity index (χ1) is 4.74. The molecular weight excluding hydrogens is 132 g/mol. The summed E-state index contributed by atoms with van der Waals surface area (Å²) in [7, 11) is 1.54. The molecule has 0 aliphatic carbocycles. The van der Waals surface area contributed by atoms with Gasteiger partial charge in [-0.25, -0.2) is 0 Å². The molecule has 0 radical (unpaired) electrons. The zero-order valence-corrected chi connectivity index (χ0v) is 6.03. The van der Waals surface area contributed by atoms with Gasteiger partial charge in [0.2, 0.25) is 0 Å². The van der Waals surface area contributed by atoms with E-state index in [0.717, 1.165) is 0 Å². The first kappa shape index (κ1) is 7.44. The molecule has 3 nitrogen and oxygen atoms in total. The van der Waals surface area contributed by atoms with Crippen LogP contribution in [0, 0.1) is 0 Å². The lowest BCUT2D eigenvalue weighted by Gasteiger charge is -2.20. The maximum atomic E-state index is 10.8. The molecule has 1 aliphatic rings. The maximum Gasteiger partial charge on any atom is 0.184 e. The SMILES string of the molecule is CO[C@H]1C=CC(=O)[C@H](C)O1. The molecule has 0 fully saturated rings. The maximum absolute atomic E-state index is 10.8. The van der Waals surface area contributed by atoms with Gasteiger partial charge in [-0.1, -0.05) is 0 Å². The Balaban J connectivity index is 2.59. The lowest BCUT2D eigenvalue weighted by atomic mass is 10.2. The van der Waals surface area contributed by atoms with E-state index in [1.807, 2.05) is 0 Å². The van der Waals surface area contributed by atoms with Crippen LogP contribution in [0.2, 0.25) is 0 Å². The minimum absolute atomic E-state index is 0.00620. The third-order valence-electron chi connectivity index (χ3n) is 1.39. The molecule has 0 amide bonds. The Labute approximate surface area is 59.6 Å². The highest BCUT2D eigenvalue weighted by Crippen LogP contribution is 2.08. The summed E-state index contributed by atoms with van der Waals surface area (Å²) >= 11 is 0. The highest BCUT2D eigenvalue weighted by atomic mass is 16.7. The minimum atomic E-state index is -0.366. The van der Waals surface area contributed by atoms with Crippen LogP contribution in [0.4, 0.5) is 0 Å². The van der Waals surface area contributed by atoms with Crippen molar-refractivity contribution in [1.82, 2.24) is 0 Å². The quantitative estimate of drug-likeness (QED) is 0.535. The van der Waals surface area contributed by atoms with Gasteiger partial charge in [-0.2, -0.15) is 0 Å². The zero-order valence-electron chi connectivity index (χ0n) is 6.03. The molecule has 0 bridgehead atoms. The molecule has 1 rings (SSSR count). The normalized spacial score (nSPS) is 32.8. The smallest absolute Gasteiger partial charge is 0.184 e. The van der Waals surface area contributed by atoms with E-state index in [9.17, 15) is 4.79 Å². The number of hydrogen-bond acceptors (Lipinski definition) is 3. The third-order valence-corrected chi connectivity index (χ3v) is 1.39. The second-order valence-corrected chi connectivity index (χ2v) is 2.14. The summed E-state index contributed by atoms with van der Waals surface area (Å²) in [6, 6.07) is 0. The molecule has 1 heterocycles. The molecule has 0 saturated carbocycles. The molecule has 0 aromatic rings. The highest BCUT2D eigenvalue weighted by molar-refractivity contribution is 5.93. The summed E-state index contributed by atoms with van der Waals surface area (Å²) in [5, 5.41) is 0. The Hall–Kier alpha value is -0.670. The van der Waals surface area contributed by atoms with Crippen LogP contribution in [0.25, 0.3) is 0 Å². The van der Waals surface area contributed by atoms with Gasteiger partial charge < -0.3 is 9.47 Å². The third kappa shape index (κ3) is 1.43. The van der Waals surface area contributed by atoms with Crippen molar-refractivity contribution >= 4 is 5.78 Å². The van der Waals surface area contributed by atoms with Crippen molar-refractivity contribution in [3.63, 3.8) is 0 Å². The molecule has 0 unspecified atom stereocenters. The number of methoxy groups -OCH3 is 1. The average Bonchev–Trinajstić information content (AvgIpc) is 1.95. The summed E-state index contributed by atoms with van der Waals surface area (Å²) in [5.41, 5.74) is 0. The van der Waals surface area contributed by atoms with Crippen molar-refractivity contribution in [1.29, 1.82) is 0 Å². The predicted molar refractivity (Wildman–Crippen MR) is 35.5 cm³/mol. The molecule has 0 aromatic carbocycles. The van der Waals surface area contributed by atoms with E-state index in [1.165, 1.54) is 13.2 Å². The lowest BCUT2D eigenvalue weighted by Crippen LogP contribution is -2.29. The Morgan fingerprint density at radius 1 is 1.70 bits per heavy atom. The zero-order chi connectivity index (χ0) is 7.56. The standard InChI is InChI=1S/C7H10O3/c1-5-6(8)3-4-7(9-2)10-5/h3-5,7H,1-2H3/t5-,7+/m0/s1. The number of rotatable bonds is 1. The molecule has 2 atom stereocenters. The predicted octanol–water partition coefficient (Wildman–Crippen LogP) is 0.503. The van der Waals surface area contributed by atoms with Crippen molar-refractivity contribution in [2.45, 2.75) is 19.3 Å². The van der Waals surface area contributed by atoms with Gasteiger partial charge in [-0.05, 0) is 19.1 Å². The van der Waals surface area contributed by atoms with Gasteiger partial charge in [0.05, 0.1) is 0 Å². The van der Waals surface area contributed by atoms with E-state index in [1.54, 1.807) is 13.0 Å². The molecule has 0 aromatic heterocycles. The van der Waals surface area contributed by atoms with Gasteiger partial charge in [0.1, 0.15) is 6.10 Å². The van der Waals surface area contributed by atoms with Crippen LogP contribution < -0.4 is 0 Å². The van der Waals surface area contributed by atoms with E-state index in [2.05, 4.69) is 0 Å². The fourth-order valence-electron chi connectivity index (χ4n) is 0.757. The first-order valence-electron chi connectivity index (χ1n) is 3.14. The van der Waals surface area contributed by atoms with Gasteiger partial charge >= 0.3 is 0 Å². The molecular formula is C7H10O3. The van der Waals surface area contributed by atoms with Gasteiger partial charge in [0, 0.05) is 7.11 Å². The Bertz CT molecular complexity index is 162. The van der Waals surface area contributed by atoms with Crippen molar-refractivity contribution in [2.24, 2.45) is 0 Å². The number of hydrogen-bond donors (Lipinski definition) is 0. The summed E-state index contributed by atoms with van der Waals surface area (Å²) in [6.45, 7) is 1.71. The van der Waals surface area contributed by atoms with Crippen LogP contribution in [-0.4, -0.2) is 25.3 Å². The molecule has 0 spiro atoms. The van der Waals surface area contributed by atoms with Gasteiger partial charge in [0.25, 0.3) is 0 Å². The molecule has 10 heavy (non-hydrogen) atoms. The monoisotopic (exact) mass is 142 g/mol. The molecule has 56 valence electrons. The fourth-order valence-corrected chi connectivity index (χ4v) is 0.757. The molecule has 0 saturated heterocycles. The minimum Gasteiger partial charge on any atom is -0.352 e. The topological polar surface area (TPSA) is 35.5 Å². The lowest BCUT2D eigenvalue weighted by molar-refractivity contribution is -0.151. The van der Waals surface area contributed by atoms with Crippen molar-refractivity contribution < 1.29 is 14.3 Å². The van der Waals surface area contributed by atoms with Gasteiger partial charge in [0.15, 0.2) is 12.1 Å². The van der Waals surface area contributed by atoms with Gasteiger partial charge in [-0.3, -0.25) is 4.79 Å². The number of ketones is 1. The van der Waals surface area contributed by atoms with Crippen molar-refractivity contribution in [2.75, 3.05) is 7.11 Å². The molecule has 0 N–H and O–H groups in total. The van der Waals surface area contributed by atoms with Crippen molar-refractivity contribution in [3.8, 4) is 0 Å². The fraction of sp³-hybridized carbons (Fsp3) is 0.571. The number of ether oxygens (including phenoxy) is 2. The van der Waals surface area contributed by atoms with Crippen LogP contribution in [0.15, 0.2) is 12.2 Å². The summed E-state index contributed by atoms with van der Waals surface area (Å²) < 4.78 is 9.94. The van der Waals surface area contributed by atoms with E-state index in [4.69, 9.17) is 9.47 Å². The summed E-state index contributed by atoms with van der Waals surface area (Å²) in [4.78, 5) is 10.8. The highest BCUT2D eigenvalue weighted by Gasteiger charge is 2.19. The Morgan fingerprint density at radius 3 is 2.90 bits per heavy atom. The van der Waals surface area contributed by atoms with Gasteiger partial charge in [-0.15, -0.1) is 0 Å². The van der Waals surface area contributed by atoms with Crippen LogP contribution in [0.1, 0.15) is 6.92 Å². The summed E-state index contributed by atoms with van der Waals surface area (Å²) in [6.07, 6.45) is 2.37. The Kier molecular flexibility index (Phi) is 2.19. The van der Waals surface area contributed by atoms with Crippen LogP contribution in [-0.2, 0) is 14.3 Å².